The molecule has 3 aromatic rings. The van der Waals surface area contributed by atoms with Gasteiger partial charge in [-0.05, 0) is 73.0 Å². The van der Waals surface area contributed by atoms with Crippen LogP contribution in [0.2, 0.25) is 0 Å². The SMILES string of the molecule is C[C@H](OC1CCCCO1)c1nccn1Cc1nnc(-c2ccc(I)cc2)o1. The van der Waals surface area contributed by atoms with Crippen LogP contribution in [0.25, 0.3) is 11.5 Å². The molecule has 1 saturated heterocycles. The molecule has 8 heteroatoms. The van der Waals surface area contributed by atoms with Gasteiger partial charge in [0.25, 0.3) is 0 Å². The molecule has 142 valence electrons. The molecule has 1 aliphatic heterocycles. The second kappa shape index (κ2) is 8.49. The van der Waals surface area contributed by atoms with Crippen LogP contribution in [0.15, 0.2) is 41.1 Å². The Hall–Kier alpha value is -1.78. The highest BCUT2D eigenvalue weighted by atomic mass is 127. The van der Waals surface area contributed by atoms with E-state index in [0.29, 0.717) is 18.3 Å². The fourth-order valence-electron chi connectivity index (χ4n) is 3.09. The summed E-state index contributed by atoms with van der Waals surface area (Å²) in [6, 6.07) is 7.98. The highest BCUT2D eigenvalue weighted by molar-refractivity contribution is 14.1. The largest absolute Gasteiger partial charge is 0.419 e. The molecular weight excluding hydrogens is 459 g/mol. The predicted molar refractivity (Wildman–Crippen MR) is 107 cm³/mol. The van der Waals surface area contributed by atoms with Gasteiger partial charge < -0.3 is 18.5 Å². The number of aromatic nitrogens is 4. The average molecular weight is 480 g/mol. The molecule has 4 rings (SSSR count). The van der Waals surface area contributed by atoms with Crippen molar-refractivity contribution in [2.24, 2.45) is 0 Å². The molecule has 0 radical (unpaired) electrons. The van der Waals surface area contributed by atoms with E-state index in [1.165, 1.54) is 0 Å². The second-order valence-electron chi connectivity index (χ2n) is 6.50. The fourth-order valence-corrected chi connectivity index (χ4v) is 3.45. The van der Waals surface area contributed by atoms with Gasteiger partial charge in [-0.15, -0.1) is 10.2 Å². The summed E-state index contributed by atoms with van der Waals surface area (Å²) in [6.45, 7) is 3.20. The maximum Gasteiger partial charge on any atom is 0.247 e. The molecule has 7 nitrogen and oxygen atoms in total. The van der Waals surface area contributed by atoms with Gasteiger partial charge in [-0.2, -0.15) is 0 Å². The summed E-state index contributed by atoms with van der Waals surface area (Å²) in [4.78, 5) is 4.44. The van der Waals surface area contributed by atoms with Crippen molar-refractivity contribution in [2.45, 2.75) is 45.1 Å². The van der Waals surface area contributed by atoms with Crippen molar-refractivity contribution in [2.75, 3.05) is 6.61 Å². The van der Waals surface area contributed by atoms with Gasteiger partial charge in [0.1, 0.15) is 18.5 Å². The van der Waals surface area contributed by atoms with Crippen LogP contribution in [0.3, 0.4) is 0 Å². The summed E-state index contributed by atoms with van der Waals surface area (Å²) >= 11 is 2.27. The van der Waals surface area contributed by atoms with Crippen molar-refractivity contribution in [3.05, 3.63) is 51.9 Å². The Bertz CT molecular complexity index is 871. The van der Waals surface area contributed by atoms with Crippen molar-refractivity contribution < 1.29 is 13.9 Å². The summed E-state index contributed by atoms with van der Waals surface area (Å²) in [6.07, 6.45) is 6.47. The second-order valence-corrected chi connectivity index (χ2v) is 7.74. The molecule has 0 spiro atoms. The molecular formula is C19H21IN4O3. The lowest BCUT2D eigenvalue weighted by atomic mass is 10.2. The quantitative estimate of drug-likeness (QED) is 0.493. The highest BCUT2D eigenvalue weighted by Gasteiger charge is 2.21. The zero-order valence-corrected chi connectivity index (χ0v) is 17.2. The number of imidazole rings is 1. The molecule has 0 N–H and O–H groups in total. The lowest BCUT2D eigenvalue weighted by molar-refractivity contribution is -0.188. The van der Waals surface area contributed by atoms with Gasteiger partial charge in [-0.25, -0.2) is 4.98 Å². The smallest absolute Gasteiger partial charge is 0.247 e. The number of hydrogen-bond donors (Lipinski definition) is 0. The molecule has 0 saturated carbocycles. The van der Waals surface area contributed by atoms with Gasteiger partial charge in [0.05, 0.1) is 0 Å². The van der Waals surface area contributed by atoms with Crippen LogP contribution in [0, 0.1) is 3.57 Å². The van der Waals surface area contributed by atoms with Crippen molar-refractivity contribution >= 4 is 22.6 Å². The van der Waals surface area contributed by atoms with E-state index < -0.39 is 0 Å². The third-order valence-electron chi connectivity index (χ3n) is 4.47. The van der Waals surface area contributed by atoms with Gasteiger partial charge in [-0.3, -0.25) is 0 Å². The number of halogens is 1. The molecule has 0 amide bonds. The minimum atomic E-state index is -0.179. The van der Waals surface area contributed by atoms with Crippen molar-refractivity contribution in [3.63, 3.8) is 0 Å². The number of hydrogen-bond acceptors (Lipinski definition) is 6. The van der Waals surface area contributed by atoms with E-state index in [1.54, 1.807) is 6.20 Å². The van der Waals surface area contributed by atoms with E-state index in [9.17, 15) is 0 Å². The zero-order valence-electron chi connectivity index (χ0n) is 15.0. The summed E-state index contributed by atoms with van der Waals surface area (Å²) in [5, 5.41) is 8.33. The van der Waals surface area contributed by atoms with Gasteiger partial charge in [0.15, 0.2) is 6.29 Å². The van der Waals surface area contributed by atoms with Crippen molar-refractivity contribution in [1.82, 2.24) is 19.7 Å². The topological polar surface area (TPSA) is 75.2 Å². The van der Waals surface area contributed by atoms with Crippen LogP contribution in [-0.4, -0.2) is 32.6 Å². The third kappa shape index (κ3) is 4.56. The maximum absolute atomic E-state index is 6.03. The number of benzene rings is 1. The number of ether oxygens (including phenoxy) is 2. The first-order chi connectivity index (χ1) is 13.2. The molecule has 2 aromatic heterocycles. The van der Waals surface area contributed by atoms with E-state index in [0.717, 1.165) is 40.8 Å². The van der Waals surface area contributed by atoms with Gasteiger partial charge in [-0.1, -0.05) is 0 Å². The first kappa shape index (κ1) is 18.6. The average Bonchev–Trinajstić information content (AvgIpc) is 3.33. The lowest BCUT2D eigenvalue weighted by Crippen LogP contribution is -2.24. The third-order valence-corrected chi connectivity index (χ3v) is 5.19. The predicted octanol–water partition coefficient (Wildman–Crippen LogP) is 4.19. The summed E-state index contributed by atoms with van der Waals surface area (Å²) in [5.74, 6) is 1.87. The van der Waals surface area contributed by atoms with Crippen LogP contribution < -0.4 is 0 Å². The van der Waals surface area contributed by atoms with Crippen LogP contribution in [0.1, 0.15) is 44.0 Å². The van der Waals surface area contributed by atoms with Crippen molar-refractivity contribution in [3.8, 4) is 11.5 Å². The molecule has 0 aliphatic carbocycles. The molecule has 3 heterocycles. The van der Waals surface area contributed by atoms with E-state index in [4.69, 9.17) is 13.9 Å². The Balaban J connectivity index is 1.44. The Morgan fingerprint density at radius 2 is 2.11 bits per heavy atom. The first-order valence-electron chi connectivity index (χ1n) is 9.05. The Morgan fingerprint density at radius 1 is 1.26 bits per heavy atom. The van der Waals surface area contributed by atoms with Gasteiger partial charge in [0, 0.05) is 28.1 Å². The monoisotopic (exact) mass is 480 g/mol. The number of rotatable bonds is 6. The summed E-state index contributed by atoms with van der Waals surface area (Å²) < 4.78 is 20.7. The highest BCUT2D eigenvalue weighted by Crippen LogP contribution is 2.24. The molecule has 0 bridgehead atoms. The van der Waals surface area contributed by atoms with E-state index in [-0.39, 0.29) is 12.4 Å². The molecule has 1 aromatic carbocycles. The van der Waals surface area contributed by atoms with E-state index >= 15 is 0 Å². The van der Waals surface area contributed by atoms with Crippen LogP contribution in [0.4, 0.5) is 0 Å². The molecule has 1 unspecified atom stereocenters. The van der Waals surface area contributed by atoms with E-state index in [2.05, 4.69) is 37.8 Å². The fraction of sp³-hybridized carbons (Fsp3) is 0.421. The molecule has 1 fully saturated rings. The zero-order chi connectivity index (χ0) is 18.6. The molecule has 1 aliphatic rings. The van der Waals surface area contributed by atoms with Crippen LogP contribution in [0.5, 0.6) is 0 Å². The Morgan fingerprint density at radius 3 is 2.89 bits per heavy atom. The normalized spacial score (nSPS) is 18.5. The standard InChI is InChI=1S/C19H21IN4O3/c1-13(26-17-4-2-3-11-25-17)18-21-9-10-24(18)12-16-22-23-19(27-16)14-5-7-15(20)8-6-14/h5-10,13,17H,2-4,11-12H2,1H3/t13-,17?/m0/s1. The summed E-state index contributed by atoms with van der Waals surface area (Å²) in [5.41, 5.74) is 0.908. The first-order valence-corrected chi connectivity index (χ1v) is 10.1. The summed E-state index contributed by atoms with van der Waals surface area (Å²) in [7, 11) is 0. The van der Waals surface area contributed by atoms with Crippen LogP contribution in [-0.2, 0) is 16.0 Å². The lowest BCUT2D eigenvalue weighted by Gasteiger charge is -2.26. The van der Waals surface area contributed by atoms with Gasteiger partial charge in [0.2, 0.25) is 11.8 Å². The molecule has 27 heavy (non-hydrogen) atoms. The minimum absolute atomic E-state index is 0.158. The van der Waals surface area contributed by atoms with E-state index in [1.807, 2.05) is 42.0 Å². The maximum atomic E-state index is 6.03. The van der Waals surface area contributed by atoms with Crippen molar-refractivity contribution in [1.29, 1.82) is 0 Å². The number of nitrogens with zero attached hydrogens (tertiary/aromatic N) is 4. The molecule has 2 atom stereocenters. The van der Waals surface area contributed by atoms with Gasteiger partial charge >= 0.3 is 0 Å². The Kier molecular flexibility index (Phi) is 5.84. The Labute approximate surface area is 171 Å². The van der Waals surface area contributed by atoms with Crippen LogP contribution >= 0.6 is 22.6 Å². The minimum Gasteiger partial charge on any atom is -0.419 e.